The second kappa shape index (κ2) is 5.85. The zero-order valence-corrected chi connectivity index (χ0v) is 10.2. The highest BCUT2D eigenvalue weighted by Gasteiger charge is 2.06. The van der Waals surface area contributed by atoms with Crippen LogP contribution in [0.2, 0.25) is 0 Å². The van der Waals surface area contributed by atoms with Gasteiger partial charge >= 0.3 is 0 Å². The van der Waals surface area contributed by atoms with Crippen molar-refractivity contribution in [2.45, 2.75) is 13.0 Å². The molecule has 3 N–H and O–H groups in total. The molecule has 0 amide bonds. The molecule has 0 aliphatic carbocycles. The highest BCUT2D eigenvalue weighted by molar-refractivity contribution is 5.66. The van der Waals surface area contributed by atoms with E-state index in [0.717, 1.165) is 19.5 Å². The number of methoxy groups -OCH3 is 1. The Hall–Kier alpha value is -2.31. The van der Waals surface area contributed by atoms with Crippen molar-refractivity contribution < 1.29 is 4.74 Å². The van der Waals surface area contributed by atoms with Crippen molar-refractivity contribution in [1.29, 1.82) is 0 Å². The van der Waals surface area contributed by atoms with E-state index in [2.05, 4.69) is 20.3 Å². The molecule has 2 heterocycles. The van der Waals surface area contributed by atoms with Crippen LogP contribution in [-0.4, -0.2) is 33.2 Å². The van der Waals surface area contributed by atoms with E-state index in [1.807, 2.05) is 10.8 Å². The summed E-state index contributed by atoms with van der Waals surface area (Å²) >= 11 is 0. The Balaban J connectivity index is 1.83. The quantitative estimate of drug-likeness (QED) is 0.734. The minimum Gasteiger partial charge on any atom is -0.479 e. The van der Waals surface area contributed by atoms with Crippen LogP contribution < -0.4 is 15.8 Å². The van der Waals surface area contributed by atoms with Gasteiger partial charge in [0, 0.05) is 25.5 Å². The lowest BCUT2D eigenvalue weighted by Gasteiger charge is -2.10. The predicted octanol–water partition coefficient (Wildman–Crippen LogP) is 0.766. The van der Waals surface area contributed by atoms with Gasteiger partial charge in [-0.15, -0.1) is 0 Å². The zero-order valence-electron chi connectivity index (χ0n) is 10.2. The molecule has 18 heavy (non-hydrogen) atoms. The maximum atomic E-state index is 5.84. The van der Waals surface area contributed by atoms with Crippen molar-refractivity contribution in [1.82, 2.24) is 19.5 Å². The summed E-state index contributed by atoms with van der Waals surface area (Å²) < 4.78 is 7.04. The Morgan fingerprint density at radius 1 is 1.44 bits per heavy atom. The van der Waals surface area contributed by atoms with Gasteiger partial charge in [0.2, 0.25) is 5.88 Å². The van der Waals surface area contributed by atoms with E-state index in [0.29, 0.717) is 17.4 Å². The predicted molar refractivity (Wildman–Crippen MR) is 68.3 cm³/mol. The smallest absolute Gasteiger partial charge is 0.242 e. The van der Waals surface area contributed by atoms with Crippen LogP contribution >= 0.6 is 0 Å². The van der Waals surface area contributed by atoms with Crippen LogP contribution in [0.3, 0.4) is 0 Å². The molecule has 0 unspecified atom stereocenters. The zero-order chi connectivity index (χ0) is 12.8. The van der Waals surface area contributed by atoms with E-state index in [1.165, 1.54) is 13.4 Å². The number of rotatable bonds is 6. The van der Waals surface area contributed by atoms with E-state index in [-0.39, 0.29) is 0 Å². The molecule has 96 valence electrons. The van der Waals surface area contributed by atoms with Crippen LogP contribution in [0.15, 0.2) is 25.0 Å². The van der Waals surface area contributed by atoms with Crippen LogP contribution in [0.4, 0.5) is 11.5 Å². The van der Waals surface area contributed by atoms with Crippen molar-refractivity contribution in [3.63, 3.8) is 0 Å². The number of nitrogens with two attached hydrogens (primary N) is 1. The number of nitrogens with zero attached hydrogens (tertiary/aromatic N) is 4. The highest BCUT2D eigenvalue weighted by Crippen LogP contribution is 2.23. The third kappa shape index (κ3) is 2.88. The van der Waals surface area contributed by atoms with Gasteiger partial charge in [-0.05, 0) is 6.42 Å². The van der Waals surface area contributed by atoms with E-state index in [9.17, 15) is 0 Å². The molecule has 0 saturated heterocycles. The van der Waals surface area contributed by atoms with Crippen molar-refractivity contribution >= 4 is 11.5 Å². The molecule has 7 nitrogen and oxygen atoms in total. The second-order valence-electron chi connectivity index (χ2n) is 3.73. The van der Waals surface area contributed by atoms with Gasteiger partial charge in [-0.1, -0.05) is 0 Å². The van der Waals surface area contributed by atoms with Crippen LogP contribution in [0.25, 0.3) is 0 Å². The first-order valence-corrected chi connectivity index (χ1v) is 5.65. The van der Waals surface area contributed by atoms with Gasteiger partial charge in [0.05, 0.1) is 13.4 Å². The molecule has 0 radical (unpaired) electrons. The van der Waals surface area contributed by atoms with Crippen LogP contribution in [-0.2, 0) is 6.54 Å². The van der Waals surface area contributed by atoms with Gasteiger partial charge in [0.15, 0.2) is 5.82 Å². The molecular weight excluding hydrogens is 232 g/mol. The Bertz CT molecular complexity index is 484. The van der Waals surface area contributed by atoms with E-state index >= 15 is 0 Å². The van der Waals surface area contributed by atoms with E-state index in [1.54, 1.807) is 12.5 Å². The first-order valence-electron chi connectivity index (χ1n) is 5.65. The fourth-order valence-corrected chi connectivity index (χ4v) is 1.57. The molecule has 0 saturated carbocycles. The summed E-state index contributed by atoms with van der Waals surface area (Å²) in [6.45, 7) is 1.66. The van der Waals surface area contributed by atoms with Crippen LogP contribution in [0, 0.1) is 0 Å². The fourth-order valence-electron chi connectivity index (χ4n) is 1.57. The first-order chi connectivity index (χ1) is 8.81. The maximum Gasteiger partial charge on any atom is 0.242 e. The Morgan fingerprint density at radius 3 is 3.06 bits per heavy atom. The number of nitrogens with one attached hydrogen (secondary N) is 1. The summed E-state index contributed by atoms with van der Waals surface area (Å²) in [5.74, 6) is 0.995. The summed E-state index contributed by atoms with van der Waals surface area (Å²) in [6.07, 6.45) is 7.86. The number of imidazole rings is 1. The Morgan fingerprint density at radius 2 is 2.33 bits per heavy atom. The molecule has 0 spiro atoms. The number of ether oxygens (including phenoxy) is 1. The minimum atomic E-state index is 0.391. The van der Waals surface area contributed by atoms with Gasteiger partial charge in [0.25, 0.3) is 0 Å². The number of hydrogen-bond acceptors (Lipinski definition) is 6. The largest absolute Gasteiger partial charge is 0.479 e. The number of aromatic nitrogens is 4. The summed E-state index contributed by atoms with van der Waals surface area (Å²) in [5.41, 5.74) is 6.28. The number of aryl methyl sites for hydroxylation is 1. The second-order valence-corrected chi connectivity index (χ2v) is 3.73. The van der Waals surface area contributed by atoms with Crippen molar-refractivity contribution in [2.24, 2.45) is 0 Å². The Kier molecular flexibility index (Phi) is 3.95. The van der Waals surface area contributed by atoms with Crippen LogP contribution in [0.1, 0.15) is 6.42 Å². The molecule has 0 aromatic carbocycles. The molecule has 0 atom stereocenters. The van der Waals surface area contributed by atoms with Gasteiger partial charge in [0.1, 0.15) is 12.0 Å². The molecule has 2 rings (SSSR count). The monoisotopic (exact) mass is 248 g/mol. The molecule has 0 aliphatic rings. The lowest BCUT2D eigenvalue weighted by Crippen LogP contribution is -2.10. The summed E-state index contributed by atoms with van der Waals surface area (Å²) in [4.78, 5) is 12.0. The fraction of sp³-hybridized carbons (Fsp3) is 0.364. The molecule has 2 aromatic heterocycles. The Labute approximate surface area is 105 Å². The van der Waals surface area contributed by atoms with Gasteiger partial charge in [-0.2, -0.15) is 4.98 Å². The minimum absolute atomic E-state index is 0.391. The van der Waals surface area contributed by atoms with Gasteiger partial charge in [-0.3, -0.25) is 0 Å². The highest BCUT2D eigenvalue weighted by atomic mass is 16.5. The average Bonchev–Trinajstić information content (AvgIpc) is 2.89. The van der Waals surface area contributed by atoms with Crippen LogP contribution in [0.5, 0.6) is 5.88 Å². The van der Waals surface area contributed by atoms with Crippen molar-refractivity contribution in [3.05, 3.63) is 25.0 Å². The third-order valence-electron chi connectivity index (χ3n) is 2.49. The molecule has 0 fully saturated rings. The first kappa shape index (κ1) is 12.2. The van der Waals surface area contributed by atoms with E-state index < -0.39 is 0 Å². The molecule has 7 heteroatoms. The molecule has 2 aromatic rings. The normalized spacial score (nSPS) is 10.3. The molecule has 0 bridgehead atoms. The summed E-state index contributed by atoms with van der Waals surface area (Å²) in [7, 11) is 1.53. The summed E-state index contributed by atoms with van der Waals surface area (Å²) in [6, 6.07) is 0. The standard InChI is InChI=1S/C11H16N6O/c1-18-11-9(12)10(15-7-16-11)14-3-2-5-17-6-4-13-8-17/h4,6-8H,2-3,5,12H2,1H3,(H,14,15,16). The lowest BCUT2D eigenvalue weighted by atomic mass is 10.4. The molecular formula is C11H16N6O. The molecule has 0 aliphatic heterocycles. The van der Waals surface area contributed by atoms with E-state index in [4.69, 9.17) is 10.5 Å². The average molecular weight is 248 g/mol. The van der Waals surface area contributed by atoms with Gasteiger partial charge in [-0.25, -0.2) is 9.97 Å². The third-order valence-corrected chi connectivity index (χ3v) is 2.49. The lowest BCUT2D eigenvalue weighted by molar-refractivity contribution is 0.399. The topological polar surface area (TPSA) is 90.9 Å². The SMILES string of the molecule is COc1ncnc(NCCCn2ccnc2)c1N. The summed E-state index contributed by atoms with van der Waals surface area (Å²) in [5, 5.41) is 3.16. The number of nitrogen functional groups attached to an aromatic ring is 1. The van der Waals surface area contributed by atoms with Crippen molar-refractivity contribution in [2.75, 3.05) is 24.7 Å². The van der Waals surface area contributed by atoms with Gasteiger partial charge < -0.3 is 20.4 Å². The number of anilines is 2. The van der Waals surface area contributed by atoms with Crippen molar-refractivity contribution in [3.8, 4) is 5.88 Å². The maximum absolute atomic E-state index is 5.84. The number of hydrogen-bond donors (Lipinski definition) is 2.